The van der Waals surface area contributed by atoms with Crippen LogP contribution >= 0.6 is 11.8 Å². The Labute approximate surface area is 203 Å². The van der Waals surface area contributed by atoms with Gasteiger partial charge in [0, 0.05) is 24.8 Å². The largest absolute Gasteiger partial charge is 0.496 e. The number of amides is 1. The quantitative estimate of drug-likeness (QED) is 0.270. The average Bonchev–Trinajstić information content (AvgIpc) is 3.43. The van der Waals surface area contributed by atoms with Crippen LogP contribution in [0.1, 0.15) is 23.0 Å². The summed E-state index contributed by atoms with van der Waals surface area (Å²) in [4.78, 5) is 41.2. The number of furan rings is 1. The molecular weight excluding hydrogens is 474 g/mol. The predicted molar refractivity (Wildman–Crippen MR) is 131 cm³/mol. The molecule has 10 nitrogen and oxygen atoms in total. The molecule has 1 aliphatic heterocycles. The van der Waals surface area contributed by atoms with Gasteiger partial charge in [-0.25, -0.2) is 9.79 Å². The minimum atomic E-state index is -1.07. The van der Waals surface area contributed by atoms with Crippen molar-refractivity contribution < 1.29 is 28.8 Å². The molecule has 0 unspecified atom stereocenters. The van der Waals surface area contributed by atoms with Gasteiger partial charge in [-0.05, 0) is 55.1 Å². The van der Waals surface area contributed by atoms with Crippen molar-refractivity contribution in [3.63, 3.8) is 0 Å². The lowest BCUT2D eigenvalue weighted by atomic mass is 10.1. The number of carboxylic acids is 1. The summed E-state index contributed by atoms with van der Waals surface area (Å²) in [5, 5.41) is 20.8. The van der Waals surface area contributed by atoms with Crippen molar-refractivity contribution in [2.45, 2.75) is 6.92 Å². The Bertz CT molecular complexity index is 1390. The molecule has 2 aromatic carbocycles. The zero-order valence-corrected chi connectivity index (χ0v) is 19.4. The Balaban J connectivity index is 1.65. The SMILES string of the molecule is CCN1C(=O)/C(=C\c2ccc(-c3cc([N+](=O)[O-])ccc3OC)o2)SC1=Nc1cccc(C(=O)O)c1. The first-order valence-electron chi connectivity index (χ1n) is 10.4. The minimum absolute atomic E-state index is 0.0969. The summed E-state index contributed by atoms with van der Waals surface area (Å²) in [5.41, 5.74) is 0.815. The van der Waals surface area contributed by atoms with Gasteiger partial charge in [0.25, 0.3) is 11.6 Å². The van der Waals surface area contributed by atoms with Crippen LogP contribution in [-0.2, 0) is 4.79 Å². The molecule has 1 aliphatic rings. The average molecular weight is 493 g/mol. The summed E-state index contributed by atoms with van der Waals surface area (Å²) < 4.78 is 11.2. The van der Waals surface area contributed by atoms with Crippen LogP contribution in [0.5, 0.6) is 5.75 Å². The van der Waals surface area contributed by atoms with Crippen molar-refractivity contribution in [1.29, 1.82) is 0 Å². The van der Waals surface area contributed by atoms with Crippen molar-refractivity contribution >= 4 is 46.3 Å². The van der Waals surface area contributed by atoms with Gasteiger partial charge in [0.2, 0.25) is 0 Å². The molecule has 0 radical (unpaired) electrons. The molecule has 0 spiro atoms. The van der Waals surface area contributed by atoms with Crippen molar-refractivity contribution in [2.24, 2.45) is 4.99 Å². The number of hydrogen-bond acceptors (Lipinski definition) is 8. The normalized spacial score (nSPS) is 15.7. The third-order valence-electron chi connectivity index (χ3n) is 5.08. The summed E-state index contributed by atoms with van der Waals surface area (Å²) in [6, 6.07) is 13.6. The molecule has 1 N–H and O–H groups in total. The van der Waals surface area contributed by atoms with Crippen molar-refractivity contribution in [1.82, 2.24) is 4.90 Å². The second-order valence-electron chi connectivity index (χ2n) is 7.25. The Kier molecular flexibility index (Phi) is 6.69. The second kappa shape index (κ2) is 9.85. The van der Waals surface area contributed by atoms with Crippen LogP contribution in [0.2, 0.25) is 0 Å². The van der Waals surface area contributed by atoms with Gasteiger partial charge in [0.05, 0.1) is 33.8 Å². The van der Waals surface area contributed by atoms with Crippen LogP contribution in [0, 0.1) is 10.1 Å². The topological polar surface area (TPSA) is 135 Å². The number of aliphatic imine (C=N–C) groups is 1. The van der Waals surface area contributed by atoms with Gasteiger partial charge in [0.1, 0.15) is 17.3 Å². The molecule has 1 aromatic heterocycles. The number of non-ortho nitro benzene ring substituents is 1. The van der Waals surface area contributed by atoms with Crippen LogP contribution in [0.15, 0.2) is 68.9 Å². The molecule has 0 aliphatic carbocycles. The number of carbonyl (C=O) groups excluding carboxylic acids is 1. The number of carboxylic acid groups (broad SMARTS) is 1. The molecule has 178 valence electrons. The maximum absolute atomic E-state index is 12.9. The molecule has 3 aromatic rings. The molecule has 2 heterocycles. The van der Waals surface area contributed by atoms with Crippen molar-refractivity contribution in [3.8, 4) is 17.1 Å². The zero-order valence-electron chi connectivity index (χ0n) is 18.6. The molecule has 4 rings (SSSR count). The highest BCUT2D eigenvalue weighted by Gasteiger charge is 2.32. The molecule has 1 fully saturated rings. The fourth-order valence-corrected chi connectivity index (χ4v) is 4.44. The summed E-state index contributed by atoms with van der Waals surface area (Å²) in [6.07, 6.45) is 1.57. The lowest BCUT2D eigenvalue weighted by Gasteiger charge is -2.12. The van der Waals surface area contributed by atoms with E-state index in [1.165, 1.54) is 42.3 Å². The van der Waals surface area contributed by atoms with Crippen LogP contribution in [0.3, 0.4) is 0 Å². The highest BCUT2D eigenvalue weighted by Crippen LogP contribution is 2.37. The van der Waals surface area contributed by atoms with Gasteiger partial charge >= 0.3 is 5.97 Å². The Morgan fingerprint density at radius 2 is 2.06 bits per heavy atom. The third kappa shape index (κ3) is 4.94. The number of nitro benzene ring substituents is 1. The van der Waals surface area contributed by atoms with Gasteiger partial charge in [-0.15, -0.1) is 0 Å². The highest BCUT2D eigenvalue weighted by molar-refractivity contribution is 8.18. The molecule has 11 heteroatoms. The summed E-state index contributed by atoms with van der Waals surface area (Å²) in [5.74, 6) is -0.208. The summed E-state index contributed by atoms with van der Waals surface area (Å²) in [7, 11) is 1.46. The van der Waals surface area contributed by atoms with Crippen LogP contribution in [0.25, 0.3) is 17.4 Å². The van der Waals surface area contributed by atoms with E-state index in [1.807, 2.05) is 6.92 Å². The van der Waals surface area contributed by atoms with Gasteiger partial charge in [-0.3, -0.25) is 19.8 Å². The number of benzene rings is 2. The summed E-state index contributed by atoms with van der Waals surface area (Å²) in [6.45, 7) is 2.18. The maximum Gasteiger partial charge on any atom is 0.335 e. The van der Waals surface area contributed by atoms with E-state index in [-0.39, 0.29) is 17.2 Å². The number of hydrogen-bond donors (Lipinski definition) is 1. The van der Waals surface area contributed by atoms with E-state index in [0.29, 0.717) is 45.1 Å². The number of aromatic carboxylic acids is 1. The second-order valence-corrected chi connectivity index (χ2v) is 8.26. The first-order valence-corrected chi connectivity index (χ1v) is 11.2. The van der Waals surface area contributed by atoms with E-state index in [0.717, 1.165) is 11.8 Å². The summed E-state index contributed by atoms with van der Waals surface area (Å²) >= 11 is 1.14. The van der Waals surface area contributed by atoms with E-state index in [2.05, 4.69) is 4.99 Å². The van der Waals surface area contributed by atoms with Gasteiger partial charge in [-0.1, -0.05) is 6.07 Å². The molecule has 1 saturated heterocycles. The van der Waals surface area contributed by atoms with Crippen molar-refractivity contribution in [2.75, 3.05) is 13.7 Å². The molecule has 1 amide bonds. The standard InChI is InChI=1S/C24H19N3O7S/c1-3-26-22(28)21(35-24(26)25-15-6-4-5-14(11-15)23(29)30)13-17-8-10-20(34-17)18-12-16(27(31)32)7-9-19(18)33-2/h4-13H,3H2,1-2H3,(H,29,30)/b21-13+,25-24?. The van der Waals surface area contributed by atoms with Crippen molar-refractivity contribution in [3.05, 3.63) is 80.9 Å². The Morgan fingerprint density at radius 1 is 1.26 bits per heavy atom. The molecule has 0 saturated carbocycles. The number of nitrogens with zero attached hydrogens (tertiary/aromatic N) is 3. The Hall–Kier alpha value is -4.38. The van der Waals surface area contributed by atoms with Gasteiger partial charge < -0.3 is 14.3 Å². The number of ether oxygens (including phenoxy) is 1. The monoisotopic (exact) mass is 493 g/mol. The first kappa shape index (κ1) is 23.8. The smallest absolute Gasteiger partial charge is 0.335 e. The highest BCUT2D eigenvalue weighted by atomic mass is 32.2. The lowest BCUT2D eigenvalue weighted by molar-refractivity contribution is -0.384. The Morgan fingerprint density at radius 3 is 2.74 bits per heavy atom. The van der Waals surface area contributed by atoms with E-state index in [1.54, 1.807) is 30.3 Å². The van der Waals surface area contributed by atoms with Gasteiger partial charge in [0.15, 0.2) is 5.17 Å². The lowest BCUT2D eigenvalue weighted by Crippen LogP contribution is -2.28. The third-order valence-corrected chi connectivity index (χ3v) is 6.09. The number of amidine groups is 1. The van der Waals surface area contributed by atoms with E-state index in [4.69, 9.17) is 9.15 Å². The van der Waals surface area contributed by atoms with Crippen LogP contribution in [-0.4, -0.2) is 45.6 Å². The fourth-order valence-electron chi connectivity index (χ4n) is 3.40. The number of carbonyl (C=O) groups is 2. The predicted octanol–water partition coefficient (Wildman–Crippen LogP) is 5.19. The number of rotatable bonds is 7. The first-order chi connectivity index (χ1) is 16.8. The zero-order chi connectivity index (χ0) is 25.1. The minimum Gasteiger partial charge on any atom is -0.496 e. The number of likely N-dealkylation sites (N-methyl/N-ethyl adjacent to an activating group) is 1. The molecule has 0 bridgehead atoms. The van der Waals surface area contributed by atoms with E-state index >= 15 is 0 Å². The number of thioether (sulfide) groups is 1. The molecule has 0 atom stereocenters. The number of methoxy groups -OCH3 is 1. The van der Waals surface area contributed by atoms with E-state index in [9.17, 15) is 24.8 Å². The van der Waals surface area contributed by atoms with Crippen LogP contribution < -0.4 is 4.74 Å². The van der Waals surface area contributed by atoms with Crippen LogP contribution in [0.4, 0.5) is 11.4 Å². The maximum atomic E-state index is 12.9. The molecular formula is C24H19N3O7S. The number of nitro groups is 1. The fraction of sp³-hybridized carbons (Fsp3) is 0.125. The van der Waals surface area contributed by atoms with E-state index < -0.39 is 10.9 Å². The molecule has 35 heavy (non-hydrogen) atoms. The van der Waals surface area contributed by atoms with Gasteiger partial charge in [-0.2, -0.15) is 0 Å².